The average molecular weight is 240 g/mol. The van der Waals surface area contributed by atoms with Gasteiger partial charge in [-0.2, -0.15) is 0 Å². The smallest absolute Gasteiger partial charge is 0.122 e. The number of aliphatic hydroxyl groups excluding tert-OH is 1. The molecule has 1 aromatic carbocycles. The van der Waals surface area contributed by atoms with Crippen molar-refractivity contribution < 1.29 is 19.3 Å². The summed E-state index contributed by atoms with van der Waals surface area (Å²) in [7, 11) is 4.79. The van der Waals surface area contributed by atoms with Gasteiger partial charge in [0.05, 0.1) is 26.9 Å². The average Bonchev–Trinajstić information content (AvgIpc) is 2.37. The number of hydrogen-bond acceptors (Lipinski definition) is 4. The van der Waals surface area contributed by atoms with E-state index < -0.39 is 6.10 Å². The van der Waals surface area contributed by atoms with Crippen LogP contribution in [0.3, 0.4) is 0 Å². The number of ether oxygens (including phenoxy) is 3. The first-order valence-corrected chi connectivity index (χ1v) is 5.52. The van der Waals surface area contributed by atoms with Crippen LogP contribution in [-0.2, 0) is 4.74 Å². The van der Waals surface area contributed by atoms with Crippen LogP contribution >= 0.6 is 0 Å². The number of hydrogen-bond donors (Lipinski definition) is 1. The molecule has 0 radical (unpaired) electrons. The van der Waals surface area contributed by atoms with E-state index in [1.165, 1.54) is 0 Å². The molecule has 0 heterocycles. The molecule has 0 aliphatic heterocycles. The van der Waals surface area contributed by atoms with Crippen LogP contribution in [0.25, 0.3) is 0 Å². The highest BCUT2D eigenvalue weighted by Crippen LogP contribution is 2.29. The molecule has 0 bridgehead atoms. The minimum atomic E-state index is -0.598. The molecule has 1 aromatic rings. The molecule has 2 unspecified atom stereocenters. The summed E-state index contributed by atoms with van der Waals surface area (Å²) < 4.78 is 15.4. The Bertz CT molecular complexity index is 329. The number of rotatable bonds is 6. The monoisotopic (exact) mass is 240 g/mol. The normalized spacial score (nSPS) is 14.2. The Morgan fingerprint density at radius 1 is 1.06 bits per heavy atom. The van der Waals surface area contributed by atoms with Gasteiger partial charge in [0.25, 0.3) is 0 Å². The SMILES string of the molecule is COCC(C)C(O)c1cc(OC)cc(OC)c1. The Kier molecular flexibility index (Phi) is 5.25. The van der Waals surface area contributed by atoms with Crippen LogP contribution in [0.2, 0.25) is 0 Å². The van der Waals surface area contributed by atoms with Gasteiger partial charge in [0, 0.05) is 19.1 Å². The molecule has 0 amide bonds. The fraction of sp³-hybridized carbons (Fsp3) is 0.538. The van der Waals surface area contributed by atoms with E-state index in [2.05, 4.69) is 0 Å². The Labute approximate surface area is 102 Å². The lowest BCUT2D eigenvalue weighted by Gasteiger charge is -2.19. The second kappa shape index (κ2) is 6.47. The van der Waals surface area contributed by atoms with Gasteiger partial charge in [-0.05, 0) is 17.7 Å². The molecule has 96 valence electrons. The van der Waals surface area contributed by atoms with Crippen molar-refractivity contribution in [2.75, 3.05) is 27.9 Å². The van der Waals surface area contributed by atoms with Crippen molar-refractivity contribution in [2.45, 2.75) is 13.0 Å². The van der Waals surface area contributed by atoms with E-state index in [4.69, 9.17) is 14.2 Å². The molecular formula is C13H20O4. The van der Waals surface area contributed by atoms with Crippen molar-refractivity contribution in [3.63, 3.8) is 0 Å². The highest BCUT2D eigenvalue weighted by atomic mass is 16.5. The molecule has 0 fully saturated rings. The molecule has 1 rings (SSSR count). The molecule has 4 heteroatoms. The van der Waals surface area contributed by atoms with Crippen molar-refractivity contribution in [1.29, 1.82) is 0 Å². The van der Waals surface area contributed by atoms with Crippen LogP contribution in [0.1, 0.15) is 18.6 Å². The van der Waals surface area contributed by atoms with Crippen LogP contribution in [0.5, 0.6) is 11.5 Å². The van der Waals surface area contributed by atoms with Crippen molar-refractivity contribution in [2.24, 2.45) is 5.92 Å². The van der Waals surface area contributed by atoms with Crippen LogP contribution in [-0.4, -0.2) is 33.0 Å². The van der Waals surface area contributed by atoms with E-state index in [9.17, 15) is 5.11 Å². The summed E-state index contributed by atoms with van der Waals surface area (Å²) in [5.41, 5.74) is 0.769. The molecule has 0 spiro atoms. The van der Waals surface area contributed by atoms with Gasteiger partial charge in [-0.15, -0.1) is 0 Å². The Hall–Kier alpha value is -1.26. The first-order chi connectivity index (χ1) is 8.12. The molecule has 0 saturated heterocycles. The van der Waals surface area contributed by atoms with Crippen LogP contribution in [0.15, 0.2) is 18.2 Å². The lowest BCUT2D eigenvalue weighted by Crippen LogP contribution is -2.14. The van der Waals surface area contributed by atoms with Crippen molar-refractivity contribution in [3.05, 3.63) is 23.8 Å². The van der Waals surface area contributed by atoms with Crippen molar-refractivity contribution in [3.8, 4) is 11.5 Å². The maximum absolute atomic E-state index is 10.2. The third kappa shape index (κ3) is 3.61. The first kappa shape index (κ1) is 13.8. The van der Waals surface area contributed by atoms with E-state index in [1.54, 1.807) is 39.5 Å². The predicted molar refractivity (Wildman–Crippen MR) is 65.5 cm³/mol. The van der Waals surface area contributed by atoms with Gasteiger partial charge >= 0.3 is 0 Å². The number of benzene rings is 1. The predicted octanol–water partition coefficient (Wildman–Crippen LogP) is 2.02. The summed E-state index contributed by atoms with van der Waals surface area (Å²) in [6.07, 6.45) is -0.598. The van der Waals surface area contributed by atoms with Crippen molar-refractivity contribution >= 4 is 0 Å². The van der Waals surface area contributed by atoms with Crippen molar-refractivity contribution in [1.82, 2.24) is 0 Å². The van der Waals surface area contributed by atoms with Crippen LogP contribution < -0.4 is 9.47 Å². The highest BCUT2D eigenvalue weighted by Gasteiger charge is 2.18. The molecule has 0 aromatic heterocycles. The summed E-state index contributed by atoms with van der Waals surface area (Å²) in [6.45, 7) is 2.43. The highest BCUT2D eigenvalue weighted by molar-refractivity contribution is 5.39. The summed E-state index contributed by atoms with van der Waals surface area (Å²) in [6, 6.07) is 5.38. The lowest BCUT2D eigenvalue weighted by molar-refractivity contribution is 0.0564. The first-order valence-electron chi connectivity index (χ1n) is 5.52. The summed E-state index contributed by atoms with van der Waals surface area (Å²) in [4.78, 5) is 0. The Morgan fingerprint density at radius 3 is 2.00 bits per heavy atom. The lowest BCUT2D eigenvalue weighted by atomic mass is 9.98. The zero-order chi connectivity index (χ0) is 12.8. The summed E-state index contributed by atoms with van der Waals surface area (Å²) in [5.74, 6) is 1.35. The standard InChI is InChI=1S/C13H20O4/c1-9(8-15-2)13(14)10-5-11(16-3)7-12(6-10)17-4/h5-7,9,13-14H,8H2,1-4H3. The van der Waals surface area contributed by atoms with Crippen LogP contribution in [0, 0.1) is 5.92 Å². The largest absolute Gasteiger partial charge is 0.497 e. The molecule has 0 aliphatic carbocycles. The van der Waals surface area contributed by atoms with Gasteiger partial charge in [0.2, 0.25) is 0 Å². The van der Waals surface area contributed by atoms with Gasteiger partial charge in [-0.25, -0.2) is 0 Å². The van der Waals surface area contributed by atoms with Gasteiger partial charge < -0.3 is 19.3 Å². The fourth-order valence-electron chi connectivity index (χ4n) is 1.68. The zero-order valence-electron chi connectivity index (χ0n) is 10.8. The minimum Gasteiger partial charge on any atom is -0.497 e. The van der Waals surface area contributed by atoms with Gasteiger partial charge in [0.15, 0.2) is 0 Å². The van der Waals surface area contributed by atoms with Crippen LogP contribution in [0.4, 0.5) is 0 Å². The molecule has 4 nitrogen and oxygen atoms in total. The third-order valence-corrected chi connectivity index (χ3v) is 2.68. The van der Waals surface area contributed by atoms with Gasteiger partial charge in [-0.1, -0.05) is 6.92 Å². The Morgan fingerprint density at radius 2 is 1.59 bits per heavy atom. The zero-order valence-corrected chi connectivity index (χ0v) is 10.8. The van der Waals surface area contributed by atoms with Gasteiger partial charge in [-0.3, -0.25) is 0 Å². The number of aliphatic hydroxyl groups is 1. The summed E-state index contributed by atoms with van der Waals surface area (Å²) in [5, 5.41) is 10.2. The Balaban J connectivity index is 2.95. The molecule has 2 atom stereocenters. The van der Waals surface area contributed by atoms with E-state index in [-0.39, 0.29) is 5.92 Å². The van der Waals surface area contributed by atoms with E-state index in [0.717, 1.165) is 5.56 Å². The maximum Gasteiger partial charge on any atom is 0.122 e. The third-order valence-electron chi connectivity index (χ3n) is 2.68. The second-order valence-corrected chi connectivity index (χ2v) is 4.02. The van der Waals surface area contributed by atoms with E-state index in [0.29, 0.717) is 18.1 Å². The fourth-order valence-corrected chi connectivity index (χ4v) is 1.68. The molecule has 17 heavy (non-hydrogen) atoms. The van der Waals surface area contributed by atoms with E-state index >= 15 is 0 Å². The minimum absolute atomic E-state index is 0.0109. The second-order valence-electron chi connectivity index (χ2n) is 4.02. The topological polar surface area (TPSA) is 47.9 Å². The molecular weight excluding hydrogens is 220 g/mol. The molecule has 1 N–H and O–H groups in total. The maximum atomic E-state index is 10.2. The quantitative estimate of drug-likeness (QED) is 0.826. The number of methoxy groups -OCH3 is 3. The molecule has 0 aliphatic rings. The summed E-state index contributed by atoms with van der Waals surface area (Å²) >= 11 is 0. The van der Waals surface area contributed by atoms with Gasteiger partial charge in [0.1, 0.15) is 11.5 Å². The molecule has 0 saturated carbocycles. The van der Waals surface area contributed by atoms with E-state index in [1.807, 2.05) is 6.92 Å².